The number of nitrogens with zero attached hydrogens (tertiary/aromatic N) is 3. The number of aryl methyl sites for hydroxylation is 1. The van der Waals surface area contributed by atoms with Crippen LogP contribution >= 0.6 is 0 Å². The molecule has 0 bridgehead atoms. The minimum Gasteiger partial charge on any atom is -0.382 e. The lowest BCUT2D eigenvalue weighted by Crippen LogP contribution is -2.22. The number of allylic oxidation sites excluding steroid dienone is 1. The standard InChI is InChI=1S/C27H31N5O/c1-3-5-11-23-31-25-26(21-9-7-8-10-22(21)30-27(25)28)32(23)18-20-15-13-19(14-16-20)17-29-24(33)12-6-4-2/h4,7-10,13-16H,2-3,5-6,11-12,17-18H2,1H3,(H2,28,30)(H,29,33). The molecular formula is C27H31N5O. The molecule has 4 rings (SSSR count). The van der Waals surface area contributed by atoms with Gasteiger partial charge in [-0.05, 0) is 30.0 Å². The highest BCUT2D eigenvalue weighted by Gasteiger charge is 2.17. The van der Waals surface area contributed by atoms with E-state index in [1.165, 1.54) is 5.56 Å². The first kappa shape index (κ1) is 22.5. The summed E-state index contributed by atoms with van der Waals surface area (Å²) in [5, 5.41) is 4.02. The van der Waals surface area contributed by atoms with Gasteiger partial charge in [0.15, 0.2) is 5.82 Å². The number of unbranched alkanes of at least 4 members (excludes halogenated alkanes) is 1. The van der Waals surface area contributed by atoms with E-state index < -0.39 is 0 Å². The van der Waals surface area contributed by atoms with Crippen LogP contribution in [-0.2, 0) is 24.3 Å². The lowest BCUT2D eigenvalue weighted by Gasteiger charge is -2.12. The Morgan fingerprint density at radius 3 is 2.64 bits per heavy atom. The lowest BCUT2D eigenvalue weighted by atomic mass is 10.1. The smallest absolute Gasteiger partial charge is 0.220 e. The molecule has 2 aromatic carbocycles. The van der Waals surface area contributed by atoms with Gasteiger partial charge in [0.25, 0.3) is 0 Å². The molecule has 170 valence electrons. The maximum absolute atomic E-state index is 11.9. The number of aromatic nitrogens is 3. The predicted molar refractivity (Wildman–Crippen MR) is 135 cm³/mol. The van der Waals surface area contributed by atoms with Gasteiger partial charge >= 0.3 is 0 Å². The highest BCUT2D eigenvalue weighted by Crippen LogP contribution is 2.30. The van der Waals surface area contributed by atoms with Crippen LogP contribution < -0.4 is 11.1 Å². The number of benzene rings is 2. The van der Waals surface area contributed by atoms with Crippen LogP contribution in [0.15, 0.2) is 61.2 Å². The van der Waals surface area contributed by atoms with Gasteiger partial charge in [0.05, 0.1) is 11.0 Å². The molecule has 2 heterocycles. The fraction of sp³-hybridized carbons (Fsp3) is 0.296. The summed E-state index contributed by atoms with van der Waals surface area (Å²) in [5.74, 6) is 1.56. The summed E-state index contributed by atoms with van der Waals surface area (Å²) in [5.41, 5.74) is 11.3. The second-order valence-electron chi connectivity index (χ2n) is 8.35. The van der Waals surface area contributed by atoms with Crippen molar-refractivity contribution in [3.63, 3.8) is 0 Å². The molecule has 6 nitrogen and oxygen atoms in total. The summed E-state index contributed by atoms with van der Waals surface area (Å²) in [6.07, 6.45) is 5.99. The number of nitrogens with two attached hydrogens (primary N) is 1. The Morgan fingerprint density at radius 1 is 1.12 bits per heavy atom. The molecule has 0 unspecified atom stereocenters. The topological polar surface area (TPSA) is 85.8 Å². The maximum Gasteiger partial charge on any atom is 0.220 e. The fourth-order valence-corrected chi connectivity index (χ4v) is 4.07. The van der Waals surface area contributed by atoms with Crippen LogP contribution in [-0.4, -0.2) is 20.4 Å². The molecule has 0 aliphatic rings. The third-order valence-electron chi connectivity index (χ3n) is 5.87. The number of carbonyl (C=O) groups excluding carboxylic acids is 1. The van der Waals surface area contributed by atoms with Crippen molar-refractivity contribution in [3.05, 3.63) is 78.1 Å². The monoisotopic (exact) mass is 441 g/mol. The fourth-order valence-electron chi connectivity index (χ4n) is 4.07. The van der Waals surface area contributed by atoms with E-state index in [9.17, 15) is 4.79 Å². The molecule has 0 aliphatic heterocycles. The van der Waals surface area contributed by atoms with Crippen LogP contribution in [0.25, 0.3) is 21.9 Å². The van der Waals surface area contributed by atoms with Crippen LogP contribution in [0.3, 0.4) is 0 Å². The van der Waals surface area contributed by atoms with E-state index in [1.807, 2.05) is 18.2 Å². The molecule has 4 aromatic rings. The molecule has 1 amide bonds. The van der Waals surface area contributed by atoms with Crippen molar-refractivity contribution in [2.24, 2.45) is 0 Å². The Bertz CT molecular complexity index is 1270. The molecule has 0 fully saturated rings. The summed E-state index contributed by atoms with van der Waals surface area (Å²) in [6.45, 7) is 7.07. The normalized spacial score (nSPS) is 11.2. The molecule has 33 heavy (non-hydrogen) atoms. The number of nitrogens with one attached hydrogen (secondary N) is 1. The van der Waals surface area contributed by atoms with Crippen molar-refractivity contribution < 1.29 is 4.79 Å². The van der Waals surface area contributed by atoms with Crippen LogP contribution in [0.2, 0.25) is 0 Å². The van der Waals surface area contributed by atoms with Crippen molar-refractivity contribution >= 4 is 33.7 Å². The number of carbonyl (C=O) groups is 1. The molecule has 0 spiro atoms. The van der Waals surface area contributed by atoms with Crippen molar-refractivity contribution in [1.82, 2.24) is 19.9 Å². The molecule has 2 aromatic heterocycles. The third-order valence-corrected chi connectivity index (χ3v) is 5.87. The van der Waals surface area contributed by atoms with Gasteiger partial charge in [-0.15, -0.1) is 6.58 Å². The number of para-hydroxylation sites is 1. The van der Waals surface area contributed by atoms with E-state index in [4.69, 9.17) is 10.7 Å². The van der Waals surface area contributed by atoms with Gasteiger partial charge in [-0.1, -0.05) is 61.9 Å². The summed E-state index contributed by atoms with van der Waals surface area (Å²) >= 11 is 0. The first-order valence-corrected chi connectivity index (χ1v) is 11.6. The van der Waals surface area contributed by atoms with Crippen molar-refractivity contribution in [2.45, 2.75) is 52.1 Å². The first-order chi connectivity index (χ1) is 16.1. The molecule has 0 saturated carbocycles. The summed E-state index contributed by atoms with van der Waals surface area (Å²) in [6, 6.07) is 16.5. The second-order valence-corrected chi connectivity index (χ2v) is 8.35. The number of amides is 1. The number of hydrogen-bond acceptors (Lipinski definition) is 4. The number of pyridine rings is 1. The van der Waals surface area contributed by atoms with E-state index in [0.29, 0.717) is 31.7 Å². The zero-order chi connectivity index (χ0) is 23.2. The summed E-state index contributed by atoms with van der Waals surface area (Å²) in [7, 11) is 0. The Hall–Kier alpha value is -3.67. The van der Waals surface area contributed by atoms with Gasteiger partial charge in [-0.3, -0.25) is 4.79 Å². The molecule has 3 N–H and O–H groups in total. The minimum atomic E-state index is 0.0440. The van der Waals surface area contributed by atoms with Crippen molar-refractivity contribution in [1.29, 1.82) is 0 Å². The number of fused-ring (bicyclic) bond motifs is 3. The molecule has 6 heteroatoms. The summed E-state index contributed by atoms with van der Waals surface area (Å²) < 4.78 is 2.29. The van der Waals surface area contributed by atoms with Crippen LogP contribution in [0, 0.1) is 0 Å². The number of hydrogen-bond donors (Lipinski definition) is 2. The SMILES string of the molecule is C=CCCC(=O)NCc1ccc(Cn2c(CCCC)nc3c(N)nc4ccccc4c32)cc1. The average Bonchev–Trinajstić information content (AvgIpc) is 3.20. The molecule has 0 aliphatic carbocycles. The summed E-state index contributed by atoms with van der Waals surface area (Å²) in [4.78, 5) is 21.3. The molecule has 0 saturated heterocycles. The minimum absolute atomic E-state index is 0.0440. The number of rotatable bonds is 10. The average molecular weight is 442 g/mol. The Kier molecular flexibility index (Phi) is 7.03. The van der Waals surface area contributed by atoms with Crippen LogP contribution in [0.5, 0.6) is 0 Å². The Morgan fingerprint density at radius 2 is 1.88 bits per heavy atom. The van der Waals surface area contributed by atoms with Gasteiger partial charge in [-0.2, -0.15) is 0 Å². The van der Waals surface area contributed by atoms with Crippen LogP contribution in [0.1, 0.15) is 49.6 Å². The van der Waals surface area contributed by atoms with E-state index >= 15 is 0 Å². The van der Waals surface area contributed by atoms with Crippen molar-refractivity contribution in [2.75, 3.05) is 5.73 Å². The van der Waals surface area contributed by atoms with E-state index in [-0.39, 0.29) is 5.91 Å². The van der Waals surface area contributed by atoms with Gasteiger partial charge in [0.2, 0.25) is 5.91 Å². The van der Waals surface area contributed by atoms with Crippen LogP contribution in [0.4, 0.5) is 5.82 Å². The largest absolute Gasteiger partial charge is 0.382 e. The molecule has 0 radical (unpaired) electrons. The third kappa shape index (κ3) is 5.06. The van der Waals surface area contributed by atoms with Gasteiger partial charge in [-0.25, -0.2) is 9.97 Å². The maximum atomic E-state index is 11.9. The quantitative estimate of drug-likeness (QED) is 0.334. The zero-order valence-corrected chi connectivity index (χ0v) is 19.2. The Balaban J connectivity index is 1.63. The van der Waals surface area contributed by atoms with E-state index in [0.717, 1.165) is 52.6 Å². The zero-order valence-electron chi connectivity index (χ0n) is 19.2. The van der Waals surface area contributed by atoms with Gasteiger partial charge in [0.1, 0.15) is 11.3 Å². The lowest BCUT2D eigenvalue weighted by molar-refractivity contribution is -0.121. The van der Waals surface area contributed by atoms with E-state index in [2.05, 4.69) is 58.7 Å². The van der Waals surface area contributed by atoms with Gasteiger partial charge < -0.3 is 15.6 Å². The highest BCUT2D eigenvalue weighted by molar-refractivity contribution is 6.06. The Labute approximate surface area is 194 Å². The number of nitrogen functional groups attached to an aromatic ring is 1. The van der Waals surface area contributed by atoms with Gasteiger partial charge in [0, 0.05) is 31.3 Å². The first-order valence-electron chi connectivity index (χ1n) is 11.6. The molecular weight excluding hydrogens is 410 g/mol. The highest BCUT2D eigenvalue weighted by atomic mass is 16.1. The number of anilines is 1. The second kappa shape index (κ2) is 10.3. The molecule has 0 atom stereocenters. The predicted octanol–water partition coefficient (Wildman–Crippen LogP) is 5.14. The van der Waals surface area contributed by atoms with Crippen molar-refractivity contribution in [3.8, 4) is 0 Å². The van der Waals surface area contributed by atoms with E-state index in [1.54, 1.807) is 6.08 Å². The number of imidazole rings is 1.